The maximum Gasteiger partial charge on any atom is 0.305 e. The first-order valence-corrected chi connectivity index (χ1v) is 6.72. The lowest BCUT2D eigenvalue weighted by Gasteiger charge is -2.15. The molecule has 5 heteroatoms. The third kappa shape index (κ3) is 5.09. The van der Waals surface area contributed by atoms with Gasteiger partial charge < -0.3 is 19.9 Å². The van der Waals surface area contributed by atoms with E-state index in [2.05, 4.69) is 0 Å². The Morgan fingerprint density at radius 1 is 1.30 bits per heavy atom. The van der Waals surface area contributed by atoms with Gasteiger partial charge in [0.05, 0.1) is 20.8 Å². The van der Waals surface area contributed by atoms with Gasteiger partial charge in [-0.25, -0.2) is 0 Å². The molecule has 1 aromatic carbocycles. The number of carbonyl (C=O) groups excluding carboxylic acids is 1. The zero-order valence-corrected chi connectivity index (χ0v) is 12.3. The van der Waals surface area contributed by atoms with Crippen LogP contribution in [-0.2, 0) is 16.0 Å². The van der Waals surface area contributed by atoms with Crippen LogP contribution in [0.2, 0.25) is 0 Å². The molecule has 0 fully saturated rings. The lowest BCUT2D eigenvalue weighted by atomic mass is 10.0. The molecule has 1 atom stereocenters. The number of rotatable bonds is 8. The minimum atomic E-state index is -0.208. The van der Waals surface area contributed by atoms with Crippen molar-refractivity contribution in [2.75, 3.05) is 20.8 Å². The number of nitrogens with two attached hydrogens (primary N) is 1. The van der Waals surface area contributed by atoms with Gasteiger partial charge >= 0.3 is 5.97 Å². The van der Waals surface area contributed by atoms with Gasteiger partial charge in [0.25, 0.3) is 0 Å². The molecular weight excluding hydrogens is 258 g/mol. The van der Waals surface area contributed by atoms with Crippen LogP contribution in [-0.4, -0.2) is 32.8 Å². The van der Waals surface area contributed by atoms with Crippen LogP contribution in [0.25, 0.3) is 0 Å². The number of esters is 1. The van der Waals surface area contributed by atoms with Crippen LogP contribution in [0, 0.1) is 0 Å². The molecule has 0 radical (unpaired) electrons. The quantitative estimate of drug-likeness (QED) is 0.737. The van der Waals surface area contributed by atoms with Gasteiger partial charge in [0.1, 0.15) is 11.5 Å². The monoisotopic (exact) mass is 281 g/mol. The van der Waals surface area contributed by atoms with Crippen LogP contribution in [0.5, 0.6) is 11.5 Å². The predicted octanol–water partition coefficient (Wildman–Crippen LogP) is 1.92. The van der Waals surface area contributed by atoms with Gasteiger partial charge in [-0.2, -0.15) is 0 Å². The van der Waals surface area contributed by atoms with Crippen LogP contribution in [0.1, 0.15) is 25.3 Å². The van der Waals surface area contributed by atoms with E-state index in [0.717, 1.165) is 17.1 Å². The molecule has 20 heavy (non-hydrogen) atoms. The Balaban J connectivity index is 2.60. The van der Waals surface area contributed by atoms with Gasteiger partial charge in [-0.05, 0) is 43.5 Å². The molecule has 0 aliphatic carbocycles. The number of ether oxygens (including phenoxy) is 3. The van der Waals surface area contributed by atoms with Crippen LogP contribution in [0.4, 0.5) is 0 Å². The minimum absolute atomic E-state index is 0.125. The second-order valence-corrected chi connectivity index (χ2v) is 4.49. The highest BCUT2D eigenvalue weighted by atomic mass is 16.5. The lowest BCUT2D eigenvalue weighted by Crippen LogP contribution is -2.24. The Hall–Kier alpha value is -1.75. The van der Waals surface area contributed by atoms with E-state index in [4.69, 9.17) is 19.9 Å². The highest BCUT2D eigenvalue weighted by molar-refractivity contribution is 5.69. The summed E-state index contributed by atoms with van der Waals surface area (Å²) in [5.41, 5.74) is 7.04. The Bertz CT molecular complexity index is 434. The van der Waals surface area contributed by atoms with Gasteiger partial charge in [-0.1, -0.05) is 0 Å². The van der Waals surface area contributed by atoms with Crippen molar-refractivity contribution in [2.45, 2.75) is 32.2 Å². The Labute approximate surface area is 120 Å². The fourth-order valence-corrected chi connectivity index (χ4v) is 1.96. The summed E-state index contributed by atoms with van der Waals surface area (Å²) in [6, 6.07) is 5.47. The summed E-state index contributed by atoms with van der Waals surface area (Å²) in [5.74, 6) is 1.33. The van der Waals surface area contributed by atoms with Gasteiger partial charge in [0.15, 0.2) is 0 Å². The van der Waals surface area contributed by atoms with Crippen LogP contribution >= 0.6 is 0 Å². The minimum Gasteiger partial charge on any atom is -0.497 e. The van der Waals surface area contributed by atoms with E-state index in [1.165, 1.54) is 0 Å². The molecule has 0 bridgehead atoms. The van der Waals surface area contributed by atoms with Gasteiger partial charge in [-0.15, -0.1) is 0 Å². The summed E-state index contributed by atoms with van der Waals surface area (Å²) < 4.78 is 15.4. The Morgan fingerprint density at radius 3 is 2.65 bits per heavy atom. The normalized spacial score (nSPS) is 11.8. The smallest absolute Gasteiger partial charge is 0.305 e. The number of benzene rings is 1. The van der Waals surface area contributed by atoms with E-state index < -0.39 is 0 Å². The molecule has 0 spiro atoms. The first-order chi connectivity index (χ1) is 9.60. The maximum atomic E-state index is 11.3. The molecule has 0 aliphatic rings. The fourth-order valence-electron chi connectivity index (χ4n) is 1.96. The molecule has 1 unspecified atom stereocenters. The van der Waals surface area contributed by atoms with E-state index in [0.29, 0.717) is 25.9 Å². The van der Waals surface area contributed by atoms with Crippen molar-refractivity contribution in [3.8, 4) is 11.5 Å². The molecule has 1 aromatic rings. The summed E-state index contributed by atoms with van der Waals surface area (Å²) in [5, 5.41) is 0. The summed E-state index contributed by atoms with van der Waals surface area (Å²) in [6.07, 6.45) is 1.54. The maximum absolute atomic E-state index is 11.3. The molecule has 112 valence electrons. The largest absolute Gasteiger partial charge is 0.497 e. The zero-order chi connectivity index (χ0) is 15.0. The molecular formula is C15H23NO4. The molecule has 1 rings (SSSR count). The summed E-state index contributed by atoms with van der Waals surface area (Å²) in [4.78, 5) is 11.3. The molecule has 0 heterocycles. The summed E-state index contributed by atoms with van der Waals surface area (Å²) in [7, 11) is 3.24. The van der Waals surface area contributed by atoms with Crippen molar-refractivity contribution in [1.29, 1.82) is 0 Å². The van der Waals surface area contributed by atoms with Crippen LogP contribution < -0.4 is 15.2 Å². The van der Waals surface area contributed by atoms with Crippen molar-refractivity contribution in [3.05, 3.63) is 23.8 Å². The number of carbonyl (C=O) groups is 1. The molecule has 0 saturated heterocycles. The van der Waals surface area contributed by atoms with E-state index in [1.807, 2.05) is 18.2 Å². The topological polar surface area (TPSA) is 70.8 Å². The Morgan fingerprint density at radius 2 is 2.05 bits per heavy atom. The number of hydrogen-bond donors (Lipinski definition) is 1. The molecule has 0 amide bonds. The first-order valence-electron chi connectivity index (χ1n) is 6.72. The molecule has 2 N–H and O–H groups in total. The highest BCUT2D eigenvalue weighted by Gasteiger charge is 2.12. The fraction of sp³-hybridized carbons (Fsp3) is 0.533. The molecule has 5 nitrogen and oxygen atoms in total. The van der Waals surface area contributed by atoms with Crippen molar-refractivity contribution in [3.63, 3.8) is 0 Å². The third-order valence-corrected chi connectivity index (χ3v) is 2.99. The van der Waals surface area contributed by atoms with E-state index >= 15 is 0 Å². The van der Waals surface area contributed by atoms with Gasteiger partial charge in [-0.3, -0.25) is 4.79 Å². The van der Waals surface area contributed by atoms with E-state index in [-0.39, 0.29) is 12.0 Å². The zero-order valence-electron chi connectivity index (χ0n) is 12.3. The summed E-state index contributed by atoms with van der Waals surface area (Å²) in [6.45, 7) is 2.19. The van der Waals surface area contributed by atoms with Gasteiger partial charge in [0, 0.05) is 12.5 Å². The van der Waals surface area contributed by atoms with Gasteiger partial charge in [0.2, 0.25) is 0 Å². The first kappa shape index (κ1) is 16.3. The van der Waals surface area contributed by atoms with E-state index in [1.54, 1.807) is 21.1 Å². The second-order valence-electron chi connectivity index (χ2n) is 4.49. The third-order valence-electron chi connectivity index (χ3n) is 2.99. The number of methoxy groups -OCH3 is 2. The SMILES string of the molecule is CCOC(=O)CCC(N)Cc1cc(OC)ccc1OC. The second kappa shape index (κ2) is 8.43. The summed E-state index contributed by atoms with van der Waals surface area (Å²) >= 11 is 0. The van der Waals surface area contributed by atoms with Crippen molar-refractivity contribution in [2.24, 2.45) is 5.73 Å². The average Bonchev–Trinajstić information content (AvgIpc) is 2.45. The highest BCUT2D eigenvalue weighted by Crippen LogP contribution is 2.25. The van der Waals surface area contributed by atoms with Crippen LogP contribution in [0.3, 0.4) is 0 Å². The van der Waals surface area contributed by atoms with Crippen LogP contribution in [0.15, 0.2) is 18.2 Å². The predicted molar refractivity (Wildman–Crippen MR) is 77.1 cm³/mol. The Kier molecular flexibility index (Phi) is 6.87. The number of hydrogen-bond acceptors (Lipinski definition) is 5. The lowest BCUT2D eigenvalue weighted by molar-refractivity contribution is -0.143. The van der Waals surface area contributed by atoms with Crippen molar-refractivity contribution < 1.29 is 19.0 Å². The standard InChI is InChI=1S/C15H23NO4/c1-4-20-15(17)8-5-12(16)9-11-10-13(18-2)6-7-14(11)19-3/h6-7,10,12H,4-5,8-9,16H2,1-3H3. The molecule has 0 aromatic heterocycles. The van der Waals surface area contributed by atoms with Crippen molar-refractivity contribution >= 4 is 5.97 Å². The molecule has 0 saturated carbocycles. The average molecular weight is 281 g/mol. The molecule has 0 aliphatic heterocycles. The van der Waals surface area contributed by atoms with Crippen molar-refractivity contribution in [1.82, 2.24) is 0 Å². The van der Waals surface area contributed by atoms with E-state index in [9.17, 15) is 4.79 Å².